The van der Waals surface area contributed by atoms with E-state index in [-0.39, 0.29) is 0 Å². The lowest BCUT2D eigenvalue weighted by Gasteiger charge is -2.26. The third kappa shape index (κ3) is 4.86. The molecule has 0 aliphatic rings. The second kappa shape index (κ2) is 8.02. The quantitative estimate of drug-likeness (QED) is 0.665. The second-order valence-corrected chi connectivity index (χ2v) is 4.37. The van der Waals surface area contributed by atoms with Crippen LogP contribution in [0.15, 0.2) is 0 Å². The summed E-state index contributed by atoms with van der Waals surface area (Å²) in [5, 5.41) is 3.13. The van der Waals surface area contributed by atoms with E-state index in [9.17, 15) is 0 Å². The first kappa shape index (κ1) is 12.4. The molecule has 0 aliphatic carbocycles. The molecule has 1 nitrogen and oxygen atoms in total. The van der Waals surface area contributed by atoms with Gasteiger partial charge in [0.2, 0.25) is 0 Å². The fraction of sp³-hybridized carbons (Fsp3) is 1.00. The minimum Gasteiger partial charge on any atom is -0.298 e. The number of hydrogen-bond donors (Lipinski definition) is 0. The highest BCUT2D eigenvalue weighted by Gasteiger charge is 2.12. The molecule has 0 aliphatic heterocycles. The summed E-state index contributed by atoms with van der Waals surface area (Å²) in [6.07, 6.45) is 0. The van der Waals surface area contributed by atoms with Crippen molar-refractivity contribution in [1.29, 1.82) is 0 Å². The third-order valence-electron chi connectivity index (χ3n) is 1.65. The number of nitrogens with zero attached hydrogens (tertiary/aromatic N) is 1. The Bertz CT molecular complexity index is 85.8. The van der Waals surface area contributed by atoms with Gasteiger partial charge in [-0.05, 0) is 6.54 Å². The maximum Gasteiger partial charge on any atom is 0.0289 e. The maximum atomic E-state index is 3.50. The van der Waals surface area contributed by atoms with Crippen LogP contribution in [0.5, 0.6) is 0 Å². The highest BCUT2D eigenvalue weighted by atomic mass is 79.9. The average molecular weight is 352 g/mol. The first-order chi connectivity index (χ1) is 5.29. The van der Waals surface area contributed by atoms with E-state index in [0.29, 0.717) is 6.04 Å². The van der Waals surface area contributed by atoms with Crippen molar-refractivity contribution in [2.45, 2.75) is 13.0 Å². The van der Waals surface area contributed by atoms with Crippen LogP contribution in [0.3, 0.4) is 0 Å². The first-order valence-corrected chi connectivity index (χ1v) is 7.08. The lowest BCUT2D eigenvalue weighted by atomic mass is 10.3. The van der Waals surface area contributed by atoms with Gasteiger partial charge in [-0.2, -0.15) is 0 Å². The smallest absolute Gasteiger partial charge is 0.0289 e. The van der Waals surface area contributed by atoms with Crippen LogP contribution in [0.25, 0.3) is 0 Å². The van der Waals surface area contributed by atoms with E-state index in [1.807, 2.05) is 0 Å². The van der Waals surface area contributed by atoms with E-state index in [2.05, 4.69) is 59.6 Å². The minimum atomic E-state index is 0.623. The second-order valence-electron chi connectivity index (χ2n) is 2.28. The maximum absolute atomic E-state index is 3.50. The molecule has 0 amide bonds. The Kier molecular flexibility index (Phi) is 9.04. The van der Waals surface area contributed by atoms with Crippen molar-refractivity contribution in [2.24, 2.45) is 0 Å². The predicted molar refractivity (Wildman–Crippen MR) is 62.4 cm³/mol. The predicted octanol–water partition coefficient (Wildman–Crippen LogP) is 2.86. The van der Waals surface area contributed by atoms with Gasteiger partial charge in [-0.25, -0.2) is 0 Å². The lowest BCUT2D eigenvalue weighted by molar-refractivity contribution is 0.258. The molecule has 0 aromatic carbocycles. The van der Waals surface area contributed by atoms with Crippen molar-refractivity contribution in [3.63, 3.8) is 0 Å². The van der Waals surface area contributed by atoms with Crippen molar-refractivity contribution in [3.05, 3.63) is 0 Å². The van der Waals surface area contributed by atoms with Crippen LogP contribution in [0.4, 0.5) is 0 Å². The lowest BCUT2D eigenvalue weighted by Crippen LogP contribution is -2.38. The fourth-order valence-corrected chi connectivity index (χ4v) is 3.29. The standard InChI is InChI=1S/C7H14Br3N/c1-2-11(4-3-8)7(5-9)6-10/h7H,2-6H2,1H3. The van der Waals surface area contributed by atoms with E-state index in [0.717, 1.165) is 29.1 Å². The van der Waals surface area contributed by atoms with Crippen LogP contribution >= 0.6 is 47.8 Å². The summed E-state index contributed by atoms with van der Waals surface area (Å²) in [5.41, 5.74) is 0. The van der Waals surface area contributed by atoms with Crippen LogP contribution in [0.2, 0.25) is 0 Å². The molecule has 0 N–H and O–H groups in total. The summed E-state index contributed by atoms with van der Waals surface area (Å²) in [4.78, 5) is 2.44. The third-order valence-corrected chi connectivity index (χ3v) is 3.50. The van der Waals surface area contributed by atoms with Crippen molar-refractivity contribution >= 4 is 47.8 Å². The number of rotatable bonds is 6. The van der Waals surface area contributed by atoms with E-state index in [1.165, 1.54) is 0 Å². The Morgan fingerprint density at radius 1 is 1.18 bits per heavy atom. The first-order valence-electron chi connectivity index (χ1n) is 3.72. The van der Waals surface area contributed by atoms with Gasteiger partial charge in [0.25, 0.3) is 0 Å². The molecule has 11 heavy (non-hydrogen) atoms. The molecule has 0 aromatic heterocycles. The van der Waals surface area contributed by atoms with Gasteiger partial charge < -0.3 is 0 Å². The van der Waals surface area contributed by atoms with Crippen LogP contribution in [0.1, 0.15) is 6.92 Å². The Morgan fingerprint density at radius 2 is 1.73 bits per heavy atom. The van der Waals surface area contributed by atoms with Crippen molar-refractivity contribution in [3.8, 4) is 0 Å². The summed E-state index contributed by atoms with van der Waals surface area (Å²) in [6.45, 7) is 4.44. The molecule has 0 rings (SSSR count). The monoisotopic (exact) mass is 349 g/mol. The van der Waals surface area contributed by atoms with Gasteiger partial charge in [0, 0.05) is 28.6 Å². The summed E-state index contributed by atoms with van der Waals surface area (Å²) >= 11 is 10.4. The topological polar surface area (TPSA) is 3.24 Å². The van der Waals surface area contributed by atoms with E-state index in [4.69, 9.17) is 0 Å². The summed E-state index contributed by atoms with van der Waals surface area (Å²) in [7, 11) is 0. The Labute approximate surface area is 94.3 Å². The van der Waals surface area contributed by atoms with E-state index < -0.39 is 0 Å². The average Bonchev–Trinajstić information content (AvgIpc) is 2.05. The Balaban J connectivity index is 3.76. The van der Waals surface area contributed by atoms with Gasteiger partial charge in [0.05, 0.1) is 0 Å². The van der Waals surface area contributed by atoms with Gasteiger partial charge >= 0.3 is 0 Å². The molecule has 0 radical (unpaired) electrons. The molecule has 0 unspecified atom stereocenters. The van der Waals surface area contributed by atoms with Crippen molar-refractivity contribution in [1.82, 2.24) is 4.90 Å². The molecule has 0 saturated carbocycles. The molecule has 0 heterocycles. The van der Waals surface area contributed by atoms with Crippen LogP contribution in [-0.2, 0) is 0 Å². The molecular formula is C7H14Br3N. The molecule has 0 saturated heterocycles. The Hall–Kier alpha value is 1.40. The normalized spacial score (nSPS) is 11.5. The summed E-state index contributed by atoms with van der Waals surface area (Å²) in [5.74, 6) is 0. The van der Waals surface area contributed by atoms with Gasteiger partial charge in [-0.15, -0.1) is 0 Å². The largest absolute Gasteiger partial charge is 0.298 e. The molecule has 0 spiro atoms. The zero-order chi connectivity index (χ0) is 8.69. The zero-order valence-corrected chi connectivity index (χ0v) is 11.5. The SMILES string of the molecule is CCN(CCBr)C(CBr)CBr. The van der Waals surface area contributed by atoms with Gasteiger partial charge in [0.1, 0.15) is 0 Å². The molecule has 0 bridgehead atoms. The van der Waals surface area contributed by atoms with Crippen molar-refractivity contribution in [2.75, 3.05) is 29.1 Å². The van der Waals surface area contributed by atoms with Crippen LogP contribution in [-0.4, -0.2) is 40.0 Å². The molecule has 0 atom stereocenters. The number of hydrogen-bond acceptors (Lipinski definition) is 1. The highest BCUT2D eigenvalue weighted by Crippen LogP contribution is 2.06. The summed E-state index contributed by atoms with van der Waals surface area (Å²) in [6, 6.07) is 0.623. The fourth-order valence-electron chi connectivity index (χ4n) is 0.944. The number of halogens is 3. The molecule has 0 fully saturated rings. The van der Waals surface area contributed by atoms with E-state index >= 15 is 0 Å². The highest BCUT2D eigenvalue weighted by molar-refractivity contribution is 9.10. The Morgan fingerprint density at radius 3 is 2.00 bits per heavy atom. The molecule has 68 valence electrons. The van der Waals surface area contributed by atoms with Crippen LogP contribution in [0, 0.1) is 0 Å². The van der Waals surface area contributed by atoms with Crippen molar-refractivity contribution < 1.29 is 0 Å². The molecule has 0 aromatic rings. The van der Waals surface area contributed by atoms with Gasteiger partial charge in [-0.1, -0.05) is 54.7 Å². The van der Waals surface area contributed by atoms with Gasteiger partial charge in [0.15, 0.2) is 0 Å². The molecule has 4 heteroatoms. The van der Waals surface area contributed by atoms with Crippen LogP contribution < -0.4 is 0 Å². The number of alkyl halides is 3. The zero-order valence-electron chi connectivity index (χ0n) is 6.69. The van der Waals surface area contributed by atoms with Gasteiger partial charge in [-0.3, -0.25) is 4.90 Å². The minimum absolute atomic E-state index is 0.623. The molecular weight excluding hydrogens is 338 g/mol. The van der Waals surface area contributed by atoms with E-state index in [1.54, 1.807) is 0 Å². The summed E-state index contributed by atoms with van der Waals surface area (Å²) < 4.78 is 0.